The first-order chi connectivity index (χ1) is 11.8. The van der Waals surface area contributed by atoms with Gasteiger partial charge in [-0.1, -0.05) is 0 Å². The van der Waals surface area contributed by atoms with Gasteiger partial charge in [0.2, 0.25) is 5.91 Å². The van der Waals surface area contributed by atoms with Crippen LogP contribution in [-0.2, 0) is 24.3 Å². The van der Waals surface area contributed by atoms with E-state index in [-0.39, 0.29) is 11.8 Å². The number of fused-ring (bicyclic) bond motifs is 1. The average Bonchev–Trinajstić information content (AvgIpc) is 3.29. The number of amides is 1. The first-order valence-electron chi connectivity index (χ1n) is 7.79. The molecule has 7 nitrogen and oxygen atoms in total. The third-order valence-electron chi connectivity index (χ3n) is 4.10. The standard InChI is InChI=1S/C16H16N6OS/c23-15(11-2-6-22-13(7-11)1-3-20-22)19-8-12-10-24-16(21-12)14-9-17-4-5-18-14/h1,3-5,9-11H,2,6-8H2,(H,19,23). The summed E-state index contributed by atoms with van der Waals surface area (Å²) in [6, 6.07) is 1.98. The number of aromatic nitrogens is 5. The second-order valence-electron chi connectivity index (χ2n) is 5.69. The van der Waals surface area contributed by atoms with E-state index >= 15 is 0 Å². The lowest BCUT2D eigenvalue weighted by Crippen LogP contribution is -2.35. The van der Waals surface area contributed by atoms with Gasteiger partial charge in [-0.05, 0) is 12.5 Å². The van der Waals surface area contributed by atoms with E-state index < -0.39 is 0 Å². The number of nitrogens with one attached hydrogen (secondary N) is 1. The van der Waals surface area contributed by atoms with Gasteiger partial charge < -0.3 is 5.32 Å². The van der Waals surface area contributed by atoms with Crippen molar-refractivity contribution in [2.24, 2.45) is 5.92 Å². The predicted octanol–water partition coefficient (Wildman–Crippen LogP) is 1.68. The number of rotatable bonds is 4. The van der Waals surface area contributed by atoms with Gasteiger partial charge in [0.25, 0.3) is 0 Å². The molecule has 24 heavy (non-hydrogen) atoms. The van der Waals surface area contributed by atoms with Gasteiger partial charge in [0.05, 0.1) is 18.4 Å². The molecule has 0 spiro atoms. The smallest absolute Gasteiger partial charge is 0.223 e. The Labute approximate surface area is 142 Å². The number of hydrogen-bond acceptors (Lipinski definition) is 6. The Morgan fingerprint density at radius 1 is 1.38 bits per heavy atom. The summed E-state index contributed by atoms with van der Waals surface area (Å²) in [7, 11) is 0. The van der Waals surface area contributed by atoms with Crippen molar-refractivity contribution < 1.29 is 4.79 Å². The lowest BCUT2D eigenvalue weighted by Gasteiger charge is -2.22. The van der Waals surface area contributed by atoms with E-state index in [0.29, 0.717) is 6.54 Å². The lowest BCUT2D eigenvalue weighted by molar-refractivity contribution is -0.125. The number of aryl methyl sites for hydroxylation is 1. The van der Waals surface area contributed by atoms with Crippen molar-refractivity contribution in [3.05, 3.63) is 47.6 Å². The molecule has 1 aliphatic rings. The molecule has 0 fully saturated rings. The zero-order valence-electron chi connectivity index (χ0n) is 12.9. The number of carbonyl (C=O) groups excluding carboxylic acids is 1. The second kappa shape index (κ2) is 6.48. The molecule has 1 N–H and O–H groups in total. The maximum absolute atomic E-state index is 12.4. The summed E-state index contributed by atoms with van der Waals surface area (Å²) in [5.74, 6) is 0.0869. The number of carbonyl (C=O) groups is 1. The quantitative estimate of drug-likeness (QED) is 0.781. The molecule has 0 radical (unpaired) electrons. The van der Waals surface area contributed by atoms with Crippen molar-refractivity contribution in [2.45, 2.75) is 25.9 Å². The number of hydrogen-bond donors (Lipinski definition) is 1. The van der Waals surface area contributed by atoms with Crippen LogP contribution in [0.2, 0.25) is 0 Å². The van der Waals surface area contributed by atoms with Crippen LogP contribution in [0, 0.1) is 5.92 Å². The third-order valence-corrected chi connectivity index (χ3v) is 5.01. The van der Waals surface area contributed by atoms with Gasteiger partial charge in [0.1, 0.15) is 10.7 Å². The molecule has 1 unspecified atom stereocenters. The zero-order valence-corrected chi connectivity index (χ0v) is 13.7. The average molecular weight is 340 g/mol. The SMILES string of the molecule is O=C(NCc1csc(-c2cnccn2)n1)C1CCn2nccc2C1. The summed E-state index contributed by atoms with van der Waals surface area (Å²) < 4.78 is 1.97. The molecule has 122 valence electrons. The Hall–Kier alpha value is -2.61. The molecule has 0 aromatic carbocycles. The van der Waals surface area contributed by atoms with Crippen LogP contribution in [-0.4, -0.2) is 30.6 Å². The van der Waals surface area contributed by atoms with Gasteiger partial charge in [-0.2, -0.15) is 5.10 Å². The fourth-order valence-corrected chi connectivity index (χ4v) is 3.61. The Morgan fingerprint density at radius 3 is 3.21 bits per heavy atom. The van der Waals surface area contributed by atoms with Gasteiger partial charge in [-0.25, -0.2) is 4.98 Å². The van der Waals surface area contributed by atoms with Gasteiger partial charge in [0, 0.05) is 48.5 Å². The van der Waals surface area contributed by atoms with Crippen LogP contribution in [0.3, 0.4) is 0 Å². The van der Waals surface area contributed by atoms with E-state index in [0.717, 1.165) is 41.5 Å². The first kappa shape index (κ1) is 14.9. The summed E-state index contributed by atoms with van der Waals surface area (Å²) in [5, 5.41) is 10.00. The molecule has 4 rings (SSSR count). The summed E-state index contributed by atoms with van der Waals surface area (Å²) >= 11 is 1.51. The van der Waals surface area contributed by atoms with E-state index in [2.05, 4.69) is 25.4 Å². The van der Waals surface area contributed by atoms with Crippen molar-refractivity contribution in [2.75, 3.05) is 0 Å². The van der Waals surface area contributed by atoms with Crippen LogP contribution >= 0.6 is 11.3 Å². The molecule has 3 aromatic heterocycles. The molecule has 0 saturated carbocycles. The summed E-state index contributed by atoms with van der Waals surface area (Å²) in [5.41, 5.74) is 2.72. The minimum atomic E-state index is 0.00676. The summed E-state index contributed by atoms with van der Waals surface area (Å²) in [6.45, 7) is 1.24. The fourth-order valence-electron chi connectivity index (χ4n) is 2.83. The molecule has 0 aliphatic carbocycles. The highest BCUT2D eigenvalue weighted by Crippen LogP contribution is 2.22. The van der Waals surface area contributed by atoms with Gasteiger partial charge in [0.15, 0.2) is 0 Å². The minimum Gasteiger partial charge on any atom is -0.350 e. The Bertz CT molecular complexity index is 843. The van der Waals surface area contributed by atoms with Crippen LogP contribution < -0.4 is 5.32 Å². The predicted molar refractivity (Wildman–Crippen MR) is 89.0 cm³/mol. The van der Waals surface area contributed by atoms with Crippen LogP contribution in [0.25, 0.3) is 10.7 Å². The summed E-state index contributed by atoms with van der Waals surface area (Å²) in [6.07, 6.45) is 8.32. The Balaban J connectivity index is 1.36. The lowest BCUT2D eigenvalue weighted by atomic mass is 9.95. The van der Waals surface area contributed by atoms with Crippen molar-refractivity contribution >= 4 is 17.2 Å². The normalized spacial score (nSPS) is 16.6. The number of nitrogens with zero attached hydrogens (tertiary/aromatic N) is 5. The highest BCUT2D eigenvalue weighted by Gasteiger charge is 2.24. The molecule has 1 aliphatic heterocycles. The Kier molecular flexibility index (Phi) is 4.04. The number of thiazole rings is 1. The molecule has 1 amide bonds. The van der Waals surface area contributed by atoms with Crippen LogP contribution in [0.4, 0.5) is 0 Å². The second-order valence-corrected chi connectivity index (χ2v) is 6.55. The van der Waals surface area contributed by atoms with Crippen LogP contribution in [0.15, 0.2) is 36.2 Å². The van der Waals surface area contributed by atoms with E-state index in [1.54, 1.807) is 24.8 Å². The first-order valence-corrected chi connectivity index (χ1v) is 8.67. The molecule has 4 heterocycles. The van der Waals surface area contributed by atoms with Crippen molar-refractivity contribution in [1.29, 1.82) is 0 Å². The fraction of sp³-hybridized carbons (Fsp3) is 0.312. The highest BCUT2D eigenvalue weighted by molar-refractivity contribution is 7.13. The van der Waals surface area contributed by atoms with Gasteiger partial charge >= 0.3 is 0 Å². The maximum atomic E-state index is 12.4. The molecule has 8 heteroatoms. The highest BCUT2D eigenvalue weighted by atomic mass is 32.1. The van der Waals surface area contributed by atoms with Crippen LogP contribution in [0.1, 0.15) is 17.8 Å². The van der Waals surface area contributed by atoms with Gasteiger partial charge in [-0.15, -0.1) is 11.3 Å². The van der Waals surface area contributed by atoms with E-state index in [1.807, 2.05) is 16.1 Å². The minimum absolute atomic E-state index is 0.00676. The van der Waals surface area contributed by atoms with Crippen molar-refractivity contribution in [1.82, 2.24) is 30.0 Å². The van der Waals surface area contributed by atoms with Crippen LogP contribution in [0.5, 0.6) is 0 Å². The summed E-state index contributed by atoms with van der Waals surface area (Å²) in [4.78, 5) is 25.2. The molecule has 0 saturated heterocycles. The largest absolute Gasteiger partial charge is 0.350 e. The monoisotopic (exact) mass is 340 g/mol. The van der Waals surface area contributed by atoms with Crippen molar-refractivity contribution in [3.8, 4) is 10.7 Å². The third kappa shape index (κ3) is 3.05. The topological polar surface area (TPSA) is 85.6 Å². The Morgan fingerprint density at radius 2 is 2.33 bits per heavy atom. The molecule has 1 atom stereocenters. The van der Waals surface area contributed by atoms with E-state index in [1.165, 1.54) is 11.3 Å². The van der Waals surface area contributed by atoms with Gasteiger partial charge in [-0.3, -0.25) is 19.4 Å². The zero-order chi connectivity index (χ0) is 16.4. The molecule has 3 aromatic rings. The van der Waals surface area contributed by atoms with E-state index in [4.69, 9.17) is 0 Å². The van der Waals surface area contributed by atoms with E-state index in [9.17, 15) is 4.79 Å². The molecule has 0 bridgehead atoms. The maximum Gasteiger partial charge on any atom is 0.223 e. The molecular weight excluding hydrogens is 324 g/mol. The molecular formula is C16H16N6OS. The van der Waals surface area contributed by atoms with Crippen molar-refractivity contribution in [3.63, 3.8) is 0 Å².